The topological polar surface area (TPSA) is 7.76 Å². The van der Waals surface area contributed by atoms with Crippen molar-refractivity contribution >= 4 is 6.08 Å². The molecule has 0 saturated heterocycles. The summed E-state index contributed by atoms with van der Waals surface area (Å²) < 4.78 is 4.71. The molecule has 1 atom stereocenters. The molecule has 2 aliphatic rings. The summed E-state index contributed by atoms with van der Waals surface area (Å²) in [6.07, 6.45) is 8.55. The molecular weight excluding hydrogens is 280 g/mol. The van der Waals surface area contributed by atoms with Gasteiger partial charge in [0.05, 0.1) is 5.56 Å². The molecule has 1 aromatic carbocycles. The van der Waals surface area contributed by atoms with Crippen molar-refractivity contribution in [2.45, 2.75) is 5.66 Å². The van der Waals surface area contributed by atoms with Gasteiger partial charge in [-0.25, -0.2) is 0 Å². The summed E-state index contributed by atoms with van der Waals surface area (Å²) in [7, 11) is 0. The van der Waals surface area contributed by atoms with Crippen LogP contribution in [-0.4, -0.2) is 0 Å². The van der Waals surface area contributed by atoms with E-state index in [4.69, 9.17) is 0 Å². The van der Waals surface area contributed by atoms with E-state index in [2.05, 4.69) is 94.8 Å². The molecule has 108 valence electrons. The Balaban J connectivity index is 2.00. The highest BCUT2D eigenvalue weighted by atomic mass is 15.3. The number of nitrogens with zero attached hydrogens (tertiary/aromatic N) is 2. The van der Waals surface area contributed by atoms with Crippen LogP contribution in [0.1, 0.15) is 11.3 Å². The Morgan fingerprint density at radius 2 is 1.57 bits per heavy atom. The Hall–Kier alpha value is -3.00. The van der Waals surface area contributed by atoms with E-state index in [1.54, 1.807) is 0 Å². The van der Waals surface area contributed by atoms with Gasteiger partial charge >= 0.3 is 5.66 Å². The third-order valence-corrected chi connectivity index (χ3v) is 4.95. The van der Waals surface area contributed by atoms with Crippen molar-refractivity contribution in [2.24, 2.45) is 0 Å². The minimum atomic E-state index is -0.370. The molecule has 3 aromatic rings. The number of pyridine rings is 2. The van der Waals surface area contributed by atoms with Crippen molar-refractivity contribution in [3.63, 3.8) is 0 Å². The molecule has 1 unspecified atom stereocenters. The van der Waals surface area contributed by atoms with Crippen LogP contribution in [0, 0.1) is 0 Å². The van der Waals surface area contributed by atoms with E-state index in [-0.39, 0.29) is 5.66 Å². The van der Waals surface area contributed by atoms with Crippen molar-refractivity contribution in [1.29, 1.82) is 0 Å². The first-order valence-electron chi connectivity index (χ1n) is 7.84. The molecule has 1 spiro atoms. The number of rotatable bonds is 1. The van der Waals surface area contributed by atoms with E-state index >= 15 is 0 Å². The van der Waals surface area contributed by atoms with Crippen LogP contribution in [0.3, 0.4) is 0 Å². The molecule has 0 saturated carbocycles. The van der Waals surface area contributed by atoms with Gasteiger partial charge in [0.2, 0.25) is 11.4 Å². The number of hydrogen-bond acceptors (Lipinski definition) is 0. The van der Waals surface area contributed by atoms with E-state index in [1.807, 2.05) is 6.08 Å². The Morgan fingerprint density at radius 3 is 2.43 bits per heavy atom. The summed E-state index contributed by atoms with van der Waals surface area (Å²) in [6, 6.07) is 21.4. The van der Waals surface area contributed by atoms with Crippen molar-refractivity contribution in [3.05, 3.63) is 103 Å². The average molecular weight is 296 g/mol. The Morgan fingerprint density at radius 1 is 0.826 bits per heavy atom. The van der Waals surface area contributed by atoms with Gasteiger partial charge in [0.1, 0.15) is 11.1 Å². The average Bonchev–Trinajstić information content (AvgIpc) is 3.11. The number of benzene rings is 1. The van der Waals surface area contributed by atoms with Crippen LogP contribution in [0.25, 0.3) is 17.3 Å². The fourth-order valence-electron chi connectivity index (χ4n) is 4.09. The van der Waals surface area contributed by atoms with Gasteiger partial charge in [-0.3, -0.25) is 0 Å². The first-order chi connectivity index (χ1) is 11.4. The lowest BCUT2D eigenvalue weighted by atomic mass is 9.91. The standard InChI is InChI=1S/C21H16N2/c1-2-16-15-17-9-5-7-13-22(17)21(16)19-11-4-3-10-18(19)20-12-6-8-14-23(20)21/h2-15H,1H2/q+2. The molecule has 0 amide bonds. The van der Waals surface area contributed by atoms with Crippen molar-refractivity contribution in [2.75, 3.05) is 0 Å². The lowest BCUT2D eigenvalue weighted by Gasteiger charge is -2.17. The van der Waals surface area contributed by atoms with Gasteiger partial charge in [-0.2, -0.15) is 0 Å². The van der Waals surface area contributed by atoms with E-state index in [9.17, 15) is 0 Å². The predicted molar refractivity (Wildman–Crippen MR) is 89.4 cm³/mol. The first kappa shape index (κ1) is 12.5. The highest BCUT2D eigenvalue weighted by Gasteiger charge is 2.64. The zero-order chi connectivity index (χ0) is 15.4. The summed E-state index contributed by atoms with van der Waals surface area (Å²) in [5, 5.41) is 0. The molecule has 0 N–H and O–H groups in total. The number of fused-ring (bicyclic) bond motifs is 7. The van der Waals surface area contributed by atoms with Gasteiger partial charge in [0, 0.05) is 30.3 Å². The van der Waals surface area contributed by atoms with Crippen molar-refractivity contribution in [3.8, 4) is 11.3 Å². The maximum Gasteiger partial charge on any atom is 0.416 e. The van der Waals surface area contributed by atoms with Crippen LogP contribution in [0.2, 0.25) is 0 Å². The SMILES string of the molecule is C=CC1=Cc2cccc[n+]2C12c1ccccc1-c1cccc[n+]12. The molecule has 0 bridgehead atoms. The zero-order valence-corrected chi connectivity index (χ0v) is 12.7. The smallest absolute Gasteiger partial charge is 0.126 e. The molecule has 23 heavy (non-hydrogen) atoms. The largest absolute Gasteiger partial charge is 0.416 e. The molecule has 0 fully saturated rings. The fourth-order valence-corrected chi connectivity index (χ4v) is 4.09. The van der Waals surface area contributed by atoms with Gasteiger partial charge in [-0.05, 0) is 24.3 Å². The van der Waals surface area contributed by atoms with Crippen LogP contribution in [0.4, 0.5) is 0 Å². The molecular formula is C21H16N2+2. The second kappa shape index (κ2) is 4.26. The van der Waals surface area contributed by atoms with Crippen LogP contribution < -0.4 is 9.13 Å². The summed E-state index contributed by atoms with van der Waals surface area (Å²) in [5.41, 5.74) is 5.84. The lowest BCUT2D eigenvalue weighted by Crippen LogP contribution is -2.72. The Bertz CT molecular complexity index is 952. The highest BCUT2D eigenvalue weighted by Crippen LogP contribution is 2.42. The van der Waals surface area contributed by atoms with Gasteiger partial charge in [-0.1, -0.05) is 24.8 Å². The van der Waals surface area contributed by atoms with Crippen LogP contribution >= 0.6 is 0 Å². The van der Waals surface area contributed by atoms with Gasteiger partial charge in [-0.15, -0.1) is 9.13 Å². The minimum Gasteiger partial charge on any atom is -0.126 e. The summed E-state index contributed by atoms with van der Waals surface area (Å²) >= 11 is 0. The molecule has 4 heterocycles. The Kier molecular flexibility index (Phi) is 2.32. The molecule has 0 radical (unpaired) electrons. The summed E-state index contributed by atoms with van der Waals surface area (Å²) in [6.45, 7) is 4.10. The molecule has 0 aliphatic carbocycles. The monoisotopic (exact) mass is 296 g/mol. The van der Waals surface area contributed by atoms with Crippen LogP contribution in [0.15, 0.2) is 91.3 Å². The summed E-state index contributed by atoms with van der Waals surface area (Å²) in [4.78, 5) is 0. The molecule has 2 aliphatic heterocycles. The number of aromatic nitrogens is 2. The van der Waals surface area contributed by atoms with E-state index in [0.717, 1.165) is 0 Å². The normalized spacial score (nSPS) is 19.9. The Labute approximate surface area is 135 Å². The van der Waals surface area contributed by atoms with Crippen molar-refractivity contribution in [1.82, 2.24) is 0 Å². The summed E-state index contributed by atoms with van der Waals surface area (Å²) in [5.74, 6) is 0. The van der Waals surface area contributed by atoms with Gasteiger partial charge in [0.25, 0.3) is 0 Å². The molecule has 2 aromatic heterocycles. The molecule has 2 heteroatoms. The van der Waals surface area contributed by atoms with Crippen molar-refractivity contribution < 1.29 is 9.13 Å². The van der Waals surface area contributed by atoms with Crippen LogP contribution in [0.5, 0.6) is 0 Å². The second-order valence-electron chi connectivity index (χ2n) is 5.97. The predicted octanol–water partition coefficient (Wildman–Crippen LogP) is 3.07. The first-order valence-corrected chi connectivity index (χ1v) is 7.84. The minimum absolute atomic E-state index is 0.370. The fraction of sp³-hybridized carbons (Fsp3) is 0.0476. The maximum absolute atomic E-state index is 4.10. The highest BCUT2D eigenvalue weighted by molar-refractivity contribution is 5.70. The van der Waals surface area contributed by atoms with E-state index < -0.39 is 0 Å². The third kappa shape index (κ3) is 1.34. The zero-order valence-electron chi connectivity index (χ0n) is 12.7. The third-order valence-electron chi connectivity index (χ3n) is 4.95. The van der Waals surface area contributed by atoms with Crippen LogP contribution in [-0.2, 0) is 5.66 Å². The molecule has 5 rings (SSSR count). The van der Waals surface area contributed by atoms with Gasteiger partial charge < -0.3 is 0 Å². The lowest BCUT2D eigenvalue weighted by molar-refractivity contribution is -0.961. The van der Waals surface area contributed by atoms with Gasteiger partial charge in [0.15, 0.2) is 12.4 Å². The van der Waals surface area contributed by atoms with E-state index in [0.29, 0.717) is 0 Å². The maximum atomic E-state index is 4.10. The van der Waals surface area contributed by atoms with E-state index in [1.165, 1.54) is 28.1 Å². The quantitative estimate of drug-likeness (QED) is 0.610. The number of hydrogen-bond donors (Lipinski definition) is 0. The molecule has 2 nitrogen and oxygen atoms in total. The second-order valence-corrected chi connectivity index (χ2v) is 5.97. The number of allylic oxidation sites excluding steroid dienone is 2.